The van der Waals surface area contributed by atoms with E-state index in [1.54, 1.807) is 28.4 Å². The molecule has 0 radical (unpaired) electrons. The summed E-state index contributed by atoms with van der Waals surface area (Å²) in [7, 11) is 0. The van der Waals surface area contributed by atoms with Gasteiger partial charge in [-0.3, -0.25) is 4.79 Å². The molecule has 1 aromatic carbocycles. The average Bonchev–Trinajstić information content (AvgIpc) is 2.99. The zero-order valence-electron chi connectivity index (χ0n) is 12.7. The lowest BCUT2D eigenvalue weighted by Crippen LogP contribution is -2.41. The van der Waals surface area contributed by atoms with E-state index >= 15 is 0 Å². The predicted molar refractivity (Wildman–Crippen MR) is 92.6 cm³/mol. The first-order valence-corrected chi connectivity index (χ1v) is 8.64. The molecule has 0 aliphatic carbocycles. The van der Waals surface area contributed by atoms with Crippen molar-refractivity contribution < 1.29 is 9.53 Å². The van der Waals surface area contributed by atoms with Crippen LogP contribution in [0, 0.1) is 6.92 Å². The summed E-state index contributed by atoms with van der Waals surface area (Å²) in [5.41, 5.74) is 1.86. The highest BCUT2D eigenvalue weighted by molar-refractivity contribution is 7.09. The van der Waals surface area contributed by atoms with Crippen LogP contribution in [0.15, 0.2) is 35.7 Å². The first kappa shape index (κ1) is 16.2. The molecule has 1 aromatic heterocycles. The Morgan fingerprint density at radius 2 is 2.22 bits per heavy atom. The quantitative estimate of drug-likeness (QED) is 0.794. The second-order valence-corrected chi connectivity index (χ2v) is 6.82. The maximum absolute atomic E-state index is 12.3. The van der Waals surface area contributed by atoms with Crippen molar-refractivity contribution in [1.29, 1.82) is 0 Å². The van der Waals surface area contributed by atoms with Gasteiger partial charge in [-0.05, 0) is 30.7 Å². The van der Waals surface area contributed by atoms with Gasteiger partial charge in [-0.1, -0.05) is 23.7 Å². The molecule has 1 saturated heterocycles. The van der Waals surface area contributed by atoms with Gasteiger partial charge in [0.2, 0.25) is 5.91 Å². The van der Waals surface area contributed by atoms with Crippen LogP contribution in [0.4, 0.5) is 0 Å². The van der Waals surface area contributed by atoms with Crippen molar-refractivity contribution in [2.45, 2.75) is 13.0 Å². The fourth-order valence-corrected chi connectivity index (χ4v) is 3.15. The fourth-order valence-electron chi connectivity index (χ4n) is 2.45. The molecule has 0 N–H and O–H groups in total. The standard InChI is InChI=1S/C17H17ClN2O2S/c1-12-19-15(11-23-12)6-7-17(21)20-8-9-22-16(10-20)13-2-4-14(18)5-3-13/h2-7,11,16H,8-10H2,1H3/b7-6+. The van der Waals surface area contributed by atoms with E-state index in [2.05, 4.69) is 4.98 Å². The zero-order valence-corrected chi connectivity index (χ0v) is 14.3. The number of hydrogen-bond donors (Lipinski definition) is 0. The van der Waals surface area contributed by atoms with Crippen LogP contribution in [0.5, 0.6) is 0 Å². The molecule has 1 aliphatic heterocycles. The molecule has 0 saturated carbocycles. The molecule has 1 aliphatic rings. The molecule has 0 spiro atoms. The summed E-state index contributed by atoms with van der Waals surface area (Å²) in [6.07, 6.45) is 3.23. The van der Waals surface area contributed by atoms with Gasteiger partial charge < -0.3 is 9.64 Å². The third-order valence-electron chi connectivity index (χ3n) is 3.65. The van der Waals surface area contributed by atoms with Crippen molar-refractivity contribution in [3.8, 4) is 0 Å². The van der Waals surface area contributed by atoms with Gasteiger partial charge in [-0.25, -0.2) is 4.98 Å². The number of halogens is 1. The minimum absolute atomic E-state index is 0.0158. The van der Waals surface area contributed by atoms with Crippen LogP contribution in [0.25, 0.3) is 6.08 Å². The number of thiazole rings is 1. The number of carbonyl (C=O) groups excluding carboxylic acids is 1. The summed E-state index contributed by atoms with van der Waals surface area (Å²) in [5.74, 6) is -0.0158. The van der Waals surface area contributed by atoms with Crippen LogP contribution in [0.3, 0.4) is 0 Å². The number of aryl methyl sites for hydroxylation is 1. The maximum Gasteiger partial charge on any atom is 0.246 e. The molecule has 1 atom stereocenters. The molecule has 2 heterocycles. The summed E-state index contributed by atoms with van der Waals surface area (Å²) in [6.45, 7) is 3.62. The normalized spacial score (nSPS) is 18.5. The zero-order chi connectivity index (χ0) is 16.2. The minimum Gasteiger partial charge on any atom is -0.370 e. The highest BCUT2D eigenvalue weighted by Gasteiger charge is 2.24. The van der Waals surface area contributed by atoms with E-state index in [4.69, 9.17) is 16.3 Å². The summed E-state index contributed by atoms with van der Waals surface area (Å²) in [6, 6.07) is 7.56. The molecule has 1 amide bonds. The van der Waals surface area contributed by atoms with E-state index in [9.17, 15) is 4.79 Å². The number of amides is 1. The summed E-state index contributed by atoms with van der Waals surface area (Å²) < 4.78 is 5.78. The van der Waals surface area contributed by atoms with Crippen LogP contribution in [-0.2, 0) is 9.53 Å². The Bertz CT molecular complexity index is 712. The van der Waals surface area contributed by atoms with E-state index in [-0.39, 0.29) is 12.0 Å². The predicted octanol–water partition coefficient (Wildman–Crippen LogP) is 3.72. The van der Waals surface area contributed by atoms with Crippen molar-refractivity contribution >= 4 is 34.9 Å². The molecule has 6 heteroatoms. The number of carbonyl (C=O) groups is 1. The van der Waals surface area contributed by atoms with Gasteiger partial charge in [0.15, 0.2) is 0 Å². The molecule has 0 bridgehead atoms. The summed E-state index contributed by atoms with van der Waals surface area (Å²) >= 11 is 7.48. The molecule has 120 valence electrons. The van der Waals surface area contributed by atoms with Gasteiger partial charge in [-0.15, -0.1) is 11.3 Å². The Balaban J connectivity index is 1.64. The highest BCUT2D eigenvalue weighted by Crippen LogP contribution is 2.24. The molecular formula is C17H17ClN2O2S. The first-order chi connectivity index (χ1) is 11.1. The Kier molecular flexibility index (Phi) is 5.10. The number of rotatable bonds is 3. The van der Waals surface area contributed by atoms with E-state index in [1.807, 2.05) is 36.6 Å². The number of nitrogens with zero attached hydrogens (tertiary/aromatic N) is 2. The third kappa shape index (κ3) is 4.19. The third-order valence-corrected chi connectivity index (χ3v) is 4.70. The smallest absolute Gasteiger partial charge is 0.246 e. The number of ether oxygens (including phenoxy) is 1. The topological polar surface area (TPSA) is 42.4 Å². The van der Waals surface area contributed by atoms with Crippen LogP contribution >= 0.6 is 22.9 Å². The number of benzene rings is 1. The number of hydrogen-bond acceptors (Lipinski definition) is 4. The van der Waals surface area contributed by atoms with Crippen molar-refractivity contribution in [1.82, 2.24) is 9.88 Å². The van der Waals surface area contributed by atoms with Gasteiger partial charge in [0.1, 0.15) is 6.10 Å². The van der Waals surface area contributed by atoms with Crippen molar-refractivity contribution in [2.24, 2.45) is 0 Å². The second kappa shape index (κ2) is 7.25. The molecule has 3 rings (SSSR count). The van der Waals surface area contributed by atoms with Crippen molar-refractivity contribution in [3.63, 3.8) is 0 Å². The van der Waals surface area contributed by atoms with Crippen molar-refractivity contribution in [2.75, 3.05) is 19.7 Å². The van der Waals surface area contributed by atoms with Gasteiger partial charge in [0.05, 0.1) is 23.9 Å². The lowest BCUT2D eigenvalue weighted by molar-refractivity contribution is -0.133. The van der Waals surface area contributed by atoms with E-state index in [1.165, 1.54) is 0 Å². The van der Waals surface area contributed by atoms with Crippen LogP contribution in [-0.4, -0.2) is 35.5 Å². The van der Waals surface area contributed by atoms with Crippen molar-refractivity contribution in [3.05, 3.63) is 57.0 Å². The van der Waals surface area contributed by atoms with E-state index in [0.29, 0.717) is 24.7 Å². The monoisotopic (exact) mass is 348 g/mol. The van der Waals surface area contributed by atoms with Crippen LogP contribution in [0.1, 0.15) is 22.4 Å². The molecule has 2 aromatic rings. The Morgan fingerprint density at radius 1 is 1.43 bits per heavy atom. The van der Waals surface area contributed by atoms with Gasteiger partial charge in [0, 0.05) is 23.0 Å². The molecular weight excluding hydrogens is 332 g/mol. The molecule has 4 nitrogen and oxygen atoms in total. The Labute approximate surface area is 144 Å². The highest BCUT2D eigenvalue weighted by atomic mass is 35.5. The summed E-state index contributed by atoms with van der Waals surface area (Å²) in [4.78, 5) is 18.5. The van der Waals surface area contributed by atoms with Gasteiger partial charge >= 0.3 is 0 Å². The van der Waals surface area contributed by atoms with Crippen LogP contribution in [0.2, 0.25) is 5.02 Å². The van der Waals surface area contributed by atoms with E-state index < -0.39 is 0 Å². The van der Waals surface area contributed by atoms with Gasteiger partial charge in [0.25, 0.3) is 0 Å². The minimum atomic E-state index is -0.111. The molecule has 23 heavy (non-hydrogen) atoms. The number of morpholine rings is 1. The lowest BCUT2D eigenvalue weighted by atomic mass is 10.1. The largest absolute Gasteiger partial charge is 0.370 e. The van der Waals surface area contributed by atoms with Crippen LogP contribution < -0.4 is 0 Å². The fraction of sp³-hybridized carbons (Fsp3) is 0.294. The molecule has 1 fully saturated rings. The average molecular weight is 349 g/mol. The van der Waals surface area contributed by atoms with E-state index in [0.717, 1.165) is 16.3 Å². The summed E-state index contributed by atoms with van der Waals surface area (Å²) in [5, 5.41) is 3.62. The molecule has 1 unspecified atom stereocenters. The Hall–Kier alpha value is -1.69. The number of aromatic nitrogens is 1. The first-order valence-electron chi connectivity index (χ1n) is 7.38. The van der Waals surface area contributed by atoms with Gasteiger partial charge in [-0.2, -0.15) is 0 Å². The lowest BCUT2D eigenvalue weighted by Gasteiger charge is -2.32. The Morgan fingerprint density at radius 3 is 2.91 bits per heavy atom. The second-order valence-electron chi connectivity index (χ2n) is 5.32. The maximum atomic E-state index is 12.3. The SMILES string of the molecule is Cc1nc(/C=C/C(=O)N2CCOC(c3ccc(Cl)cc3)C2)cs1.